The fourth-order valence-electron chi connectivity index (χ4n) is 2.50. The lowest BCUT2D eigenvalue weighted by Gasteiger charge is -2.10. The molecule has 2 rings (SSSR count). The first-order chi connectivity index (χ1) is 9.65. The van der Waals surface area contributed by atoms with E-state index in [-0.39, 0.29) is 0 Å². The summed E-state index contributed by atoms with van der Waals surface area (Å²) in [5, 5.41) is 0. The summed E-state index contributed by atoms with van der Waals surface area (Å²) in [5.41, 5.74) is 12.0. The molecule has 0 amide bonds. The van der Waals surface area contributed by atoms with Crippen LogP contribution in [0.2, 0.25) is 0 Å². The Kier molecular flexibility index (Phi) is 5.71. The summed E-state index contributed by atoms with van der Waals surface area (Å²) in [4.78, 5) is 4.33. The molecule has 2 aromatic rings. The van der Waals surface area contributed by atoms with Crippen LogP contribution in [-0.4, -0.2) is 4.98 Å². The van der Waals surface area contributed by atoms with Gasteiger partial charge in [0.1, 0.15) is 0 Å². The fraction of sp³-hybridized carbons (Fsp3) is 0.450. The van der Waals surface area contributed by atoms with E-state index in [0.717, 1.165) is 11.4 Å². The van der Waals surface area contributed by atoms with Gasteiger partial charge in [-0.2, -0.15) is 0 Å². The normalized spacial score (nSPS) is 10.1. The summed E-state index contributed by atoms with van der Waals surface area (Å²) >= 11 is 0. The second kappa shape index (κ2) is 6.89. The Bertz CT molecular complexity index is 602. The molecule has 0 unspecified atom stereocenters. The zero-order valence-corrected chi connectivity index (χ0v) is 15.1. The molecule has 1 heteroatoms. The highest BCUT2D eigenvalue weighted by Gasteiger charge is 2.02. The third-order valence-corrected chi connectivity index (χ3v) is 4.64. The predicted molar refractivity (Wildman–Crippen MR) is 93.3 cm³/mol. The van der Waals surface area contributed by atoms with Crippen LogP contribution in [0.25, 0.3) is 0 Å². The first-order valence-electron chi connectivity index (χ1n) is 7.60. The summed E-state index contributed by atoms with van der Waals surface area (Å²) in [6, 6.07) is 4.38. The Morgan fingerprint density at radius 3 is 1.38 bits per heavy atom. The van der Waals surface area contributed by atoms with Crippen molar-refractivity contribution in [1.82, 2.24) is 4.98 Å². The van der Waals surface area contributed by atoms with E-state index in [0.29, 0.717) is 0 Å². The number of hydrogen-bond donors (Lipinski definition) is 0. The lowest BCUT2D eigenvalue weighted by Crippen LogP contribution is -1.93. The Morgan fingerprint density at radius 1 is 0.524 bits per heavy atom. The molecule has 21 heavy (non-hydrogen) atoms. The quantitative estimate of drug-likeness (QED) is 0.618. The molecule has 0 fully saturated rings. The Labute approximate surface area is 130 Å². The van der Waals surface area contributed by atoms with E-state index in [1.165, 1.54) is 38.9 Å². The van der Waals surface area contributed by atoms with Crippen molar-refractivity contribution in [2.45, 2.75) is 62.3 Å². The monoisotopic (exact) mass is 283 g/mol. The third-order valence-electron chi connectivity index (χ3n) is 4.64. The van der Waals surface area contributed by atoms with Gasteiger partial charge in [-0.1, -0.05) is 6.07 Å². The lowest BCUT2D eigenvalue weighted by molar-refractivity contribution is 1.07. The van der Waals surface area contributed by atoms with Gasteiger partial charge in [-0.15, -0.1) is 0 Å². The summed E-state index contributed by atoms with van der Waals surface area (Å²) in [6.45, 7) is 19.2. The van der Waals surface area contributed by atoms with Crippen molar-refractivity contribution in [2.24, 2.45) is 0 Å². The Morgan fingerprint density at radius 2 is 0.952 bits per heavy atom. The molecule has 1 aromatic heterocycles. The molecule has 0 aliphatic carbocycles. The highest BCUT2D eigenvalue weighted by Crippen LogP contribution is 2.19. The molecule has 0 saturated heterocycles. The smallest absolute Gasteiger partial charge is 0.0407 e. The molecule has 0 spiro atoms. The summed E-state index contributed by atoms with van der Waals surface area (Å²) in [7, 11) is 0. The van der Waals surface area contributed by atoms with Gasteiger partial charge in [0.25, 0.3) is 0 Å². The number of rotatable bonds is 0. The first-order valence-corrected chi connectivity index (χ1v) is 7.60. The van der Waals surface area contributed by atoms with Gasteiger partial charge < -0.3 is 0 Å². The molecule has 0 bridgehead atoms. The van der Waals surface area contributed by atoms with E-state index in [1.807, 2.05) is 6.92 Å². The van der Waals surface area contributed by atoms with Crippen molar-refractivity contribution in [3.63, 3.8) is 0 Å². The molecular formula is C20H29N. The maximum atomic E-state index is 4.33. The van der Waals surface area contributed by atoms with Gasteiger partial charge in [0, 0.05) is 11.4 Å². The zero-order chi connectivity index (χ0) is 16.3. The van der Waals surface area contributed by atoms with Gasteiger partial charge in [0.05, 0.1) is 0 Å². The molecule has 114 valence electrons. The number of nitrogens with zero attached hydrogens (tertiary/aromatic N) is 1. The van der Waals surface area contributed by atoms with E-state index in [4.69, 9.17) is 0 Å². The van der Waals surface area contributed by atoms with Gasteiger partial charge >= 0.3 is 0 Å². The van der Waals surface area contributed by atoms with Gasteiger partial charge in [0.2, 0.25) is 0 Å². The number of benzene rings is 1. The van der Waals surface area contributed by atoms with Crippen LogP contribution in [0, 0.1) is 62.3 Å². The van der Waals surface area contributed by atoms with E-state index in [2.05, 4.69) is 72.5 Å². The van der Waals surface area contributed by atoms with Crippen LogP contribution in [0.15, 0.2) is 12.1 Å². The van der Waals surface area contributed by atoms with E-state index >= 15 is 0 Å². The summed E-state index contributed by atoms with van der Waals surface area (Å²) in [5.74, 6) is 0. The van der Waals surface area contributed by atoms with Crippen molar-refractivity contribution in [3.05, 3.63) is 62.5 Å². The lowest BCUT2D eigenvalue weighted by atomic mass is 9.96. The minimum atomic E-state index is 1.11. The number of aryl methyl sites for hydroxylation is 5. The van der Waals surface area contributed by atoms with Crippen LogP contribution < -0.4 is 0 Å². The van der Waals surface area contributed by atoms with Crippen LogP contribution in [-0.2, 0) is 0 Å². The summed E-state index contributed by atoms with van der Waals surface area (Å²) < 4.78 is 0. The topological polar surface area (TPSA) is 12.9 Å². The van der Waals surface area contributed by atoms with Crippen LogP contribution in [0.1, 0.15) is 50.3 Å². The van der Waals surface area contributed by atoms with Gasteiger partial charge in [0.15, 0.2) is 0 Å². The molecule has 0 aliphatic heterocycles. The first kappa shape index (κ1) is 17.4. The Balaban J connectivity index is 0.000000211. The highest BCUT2D eigenvalue weighted by molar-refractivity contribution is 5.42. The van der Waals surface area contributed by atoms with Crippen LogP contribution in [0.3, 0.4) is 0 Å². The molecule has 0 aliphatic rings. The second-order valence-corrected chi connectivity index (χ2v) is 6.18. The molecule has 0 radical (unpaired) electrons. The van der Waals surface area contributed by atoms with Crippen molar-refractivity contribution >= 4 is 0 Å². The average Bonchev–Trinajstić information content (AvgIpc) is 2.41. The van der Waals surface area contributed by atoms with Crippen molar-refractivity contribution in [3.8, 4) is 0 Å². The molecule has 1 heterocycles. The Hall–Kier alpha value is -1.63. The highest BCUT2D eigenvalue weighted by atomic mass is 14.7. The van der Waals surface area contributed by atoms with Gasteiger partial charge in [-0.3, -0.25) is 4.98 Å². The van der Waals surface area contributed by atoms with E-state index in [9.17, 15) is 0 Å². The largest absolute Gasteiger partial charge is 0.258 e. The molecule has 0 saturated carbocycles. The zero-order valence-electron chi connectivity index (χ0n) is 15.1. The molecule has 1 aromatic carbocycles. The maximum Gasteiger partial charge on any atom is 0.0407 e. The second-order valence-electron chi connectivity index (χ2n) is 6.18. The van der Waals surface area contributed by atoms with Crippen LogP contribution in [0.4, 0.5) is 0 Å². The number of aromatic nitrogens is 1. The predicted octanol–water partition coefficient (Wildman–Crippen LogP) is 5.54. The van der Waals surface area contributed by atoms with Gasteiger partial charge in [-0.05, 0) is 107 Å². The van der Waals surface area contributed by atoms with E-state index in [1.54, 1.807) is 0 Å². The molecule has 1 nitrogen and oxygen atoms in total. The average molecular weight is 283 g/mol. The van der Waals surface area contributed by atoms with Crippen LogP contribution in [0.5, 0.6) is 0 Å². The number of hydrogen-bond acceptors (Lipinski definition) is 1. The minimum Gasteiger partial charge on any atom is -0.258 e. The third kappa shape index (κ3) is 4.17. The van der Waals surface area contributed by atoms with Crippen molar-refractivity contribution in [2.75, 3.05) is 0 Å². The van der Waals surface area contributed by atoms with Crippen molar-refractivity contribution in [1.29, 1.82) is 0 Å². The van der Waals surface area contributed by atoms with E-state index < -0.39 is 0 Å². The standard InChI is InChI=1S/C11H16.C9H13N/c1-7-6-8(2)10(4)11(5)9(7)3;1-6-5-7(2)10-9(4)8(6)3/h6H,1-5H3;5H,1-4H3. The maximum absolute atomic E-state index is 4.33. The molecular weight excluding hydrogens is 254 g/mol. The fourth-order valence-corrected chi connectivity index (χ4v) is 2.50. The summed E-state index contributed by atoms with van der Waals surface area (Å²) in [6.07, 6.45) is 0. The number of pyridine rings is 1. The van der Waals surface area contributed by atoms with Gasteiger partial charge in [-0.25, -0.2) is 0 Å². The van der Waals surface area contributed by atoms with Crippen molar-refractivity contribution < 1.29 is 0 Å². The minimum absolute atomic E-state index is 1.11. The molecule has 0 N–H and O–H groups in total. The molecule has 0 atom stereocenters. The van der Waals surface area contributed by atoms with Crippen LogP contribution >= 0.6 is 0 Å². The SMILES string of the molecule is Cc1cc(C)c(C)c(C)c1C.Cc1cc(C)c(C)c(C)n1.